The van der Waals surface area contributed by atoms with E-state index in [1.807, 2.05) is 0 Å². The van der Waals surface area contributed by atoms with E-state index in [1.54, 1.807) is 6.20 Å². The number of benzene rings is 1. The highest BCUT2D eigenvalue weighted by Crippen LogP contribution is 2.25. The first-order valence-corrected chi connectivity index (χ1v) is 8.42. The number of hydrogen-bond acceptors (Lipinski definition) is 5. The molecule has 2 heterocycles. The summed E-state index contributed by atoms with van der Waals surface area (Å²) in [7, 11) is 0. The average molecular weight is 353 g/mol. The van der Waals surface area contributed by atoms with Crippen LogP contribution >= 0.6 is 11.3 Å². The van der Waals surface area contributed by atoms with Crippen molar-refractivity contribution in [2.75, 3.05) is 11.9 Å². The van der Waals surface area contributed by atoms with Gasteiger partial charge in [0, 0.05) is 30.1 Å². The number of nitrogens with one attached hydrogen (secondary N) is 1. The Bertz CT molecular complexity index is 738. The van der Waals surface area contributed by atoms with E-state index in [2.05, 4.69) is 10.3 Å². The highest BCUT2D eigenvalue weighted by molar-refractivity contribution is 7.15. The summed E-state index contributed by atoms with van der Waals surface area (Å²) >= 11 is 1.25. The third-order valence-corrected chi connectivity index (χ3v) is 4.74. The molecule has 0 unspecified atom stereocenters. The summed E-state index contributed by atoms with van der Waals surface area (Å²) in [5.41, 5.74) is 5.90. The summed E-state index contributed by atoms with van der Waals surface area (Å²) in [5, 5.41) is 3.14. The van der Waals surface area contributed by atoms with Gasteiger partial charge < -0.3 is 10.5 Å². The normalized spacial score (nSPS) is 20.3. The van der Waals surface area contributed by atoms with Gasteiger partial charge in [-0.15, -0.1) is 11.3 Å². The van der Waals surface area contributed by atoms with Gasteiger partial charge in [-0.1, -0.05) is 6.07 Å². The molecule has 0 radical (unpaired) electrons. The first kappa shape index (κ1) is 16.9. The molecule has 1 amide bonds. The van der Waals surface area contributed by atoms with Crippen molar-refractivity contribution in [1.82, 2.24) is 4.98 Å². The summed E-state index contributed by atoms with van der Waals surface area (Å²) in [4.78, 5) is 17.0. The number of nitrogens with two attached hydrogens (primary N) is 1. The Kier molecular flexibility index (Phi) is 5.17. The van der Waals surface area contributed by atoms with Crippen molar-refractivity contribution in [2.24, 2.45) is 5.73 Å². The smallest absolute Gasteiger partial charge is 0.255 e. The van der Waals surface area contributed by atoms with Crippen molar-refractivity contribution in [3.63, 3.8) is 0 Å². The maximum atomic E-state index is 13.7. The second kappa shape index (κ2) is 7.33. The molecule has 1 aromatic carbocycles. The molecule has 1 aliphatic heterocycles. The van der Waals surface area contributed by atoms with Crippen LogP contribution in [0.4, 0.5) is 13.9 Å². The standard InChI is InChI=1S/C16H17F2N3O2S/c17-10-2-1-9(13(18)6-10)5-12-8-20-16(24-12)21-15(22)14-4-3-11(7-19)23-14/h1-2,6,8,11,14H,3-5,7,19H2,(H,20,21,22)/t11-,14+/m1/s1. The number of anilines is 1. The van der Waals surface area contributed by atoms with Gasteiger partial charge in [-0.05, 0) is 24.5 Å². The van der Waals surface area contributed by atoms with E-state index in [0.717, 1.165) is 17.4 Å². The third-order valence-electron chi connectivity index (χ3n) is 3.83. The molecule has 1 fully saturated rings. The fourth-order valence-corrected chi connectivity index (χ4v) is 3.40. The predicted octanol–water partition coefficient (Wildman–Crippen LogP) is 2.46. The molecular formula is C16H17F2N3O2S. The number of carbonyl (C=O) groups excluding carboxylic acids is 1. The van der Waals surface area contributed by atoms with Gasteiger partial charge in [0.15, 0.2) is 5.13 Å². The topological polar surface area (TPSA) is 77.2 Å². The molecule has 1 aliphatic rings. The fraction of sp³-hybridized carbons (Fsp3) is 0.375. The van der Waals surface area contributed by atoms with Gasteiger partial charge in [0.05, 0.1) is 6.10 Å². The zero-order chi connectivity index (χ0) is 17.1. The molecule has 0 aliphatic carbocycles. The molecule has 3 rings (SSSR count). The van der Waals surface area contributed by atoms with Crippen LogP contribution in [-0.4, -0.2) is 29.6 Å². The minimum absolute atomic E-state index is 0.0749. The number of halogens is 2. The maximum absolute atomic E-state index is 13.7. The number of thiazole rings is 1. The van der Waals surface area contributed by atoms with E-state index in [9.17, 15) is 13.6 Å². The molecule has 0 saturated carbocycles. The average Bonchev–Trinajstić information content (AvgIpc) is 3.19. The van der Waals surface area contributed by atoms with Gasteiger partial charge in [-0.25, -0.2) is 13.8 Å². The fourth-order valence-electron chi connectivity index (χ4n) is 2.56. The van der Waals surface area contributed by atoms with Crippen molar-refractivity contribution in [3.05, 3.63) is 46.5 Å². The molecule has 8 heteroatoms. The van der Waals surface area contributed by atoms with Crippen LogP contribution in [0.5, 0.6) is 0 Å². The second-order valence-corrected chi connectivity index (χ2v) is 6.71. The minimum atomic E-state index is -0.610. The van der Waals surface area contributed by atoms with E-state index < -0.39 is 17.7 Å². The van der Waals surface area contributed by atoms with E-state index >= 15 is 0 Å². The Labute approximate surface area is 141 Å². The quantitative estimate of drug-likeness (QED) is 0.866. The zero-order valence-electron chi connectivity index (χ0n) is 12.8. The lowest BCUT2D eigenvalue weighted by Gasteiger charge is -2.11. The molecule has 5 nitrogen and oxygen atoms in total. The molecule has 24 heavy (non-hydrogen) atoms. The van der Waals surface area contributed by atoms with Crippen molar-refractivity contribution in [2.45, 2.75) is 31.5 Å². The van der Waals surface area contributed by atoms with Gasteiger partial charge in [0.2, 0.25) is 0 Å². The Balaban J connectivity index is 1.60. The van der Waals surface area contributed by atoms with Crippen molar-refractivity contribution >= 4 is 22.4 Å². The summed E-state index contributed by atoms with van der Waals surface area (Å²) in [6.45, 7) is 0.397. The number of nitrogens with zero attached hydrogens (tertiary/aromatic N) is 1. The molecule has 128 valence electrons. The van der Waals surface area contributed by atoms with E-state index in [0.29, 0.717) is 23.7 Å². The maximum Gasteiger partial charge on any atom is 0.255 e. The van der Waals surface area contributed by atoms with Gasteiger partial charge >= 0.3 is 0 Å². The highest BCUT2D eigenvalue weighted by atomic mass is 32.1. The van der Waals surface area contributed by atoms with Crippen LogP contribution in [-0.2, 0) is 16.0 Å². The summed E-state index contributed by atoms with van der Waals surface area (Å²) in [6.07, 6.45) is 2.67. The largest absolute Gasteiger partial charge is 0.364 e. The van der Waals surface area contributed by atoms with Crippen LogP contribution in [0.25, 0.3) is 0 Å². The number of aromatic nitrogens is 1. The Morgan fingerprint density at radius 1 is 1.42 bits per heavy atom. The first-order valence-electron chi connectivity index (χ1n) is 7.60. The van der Waals surface area contributed by atoms with Crippen molar-refractivity contribution < 1.29 is 18.3 Å². The lowest BCUT2D eigenvalue weighted by molar-refractivity contribution is -0.126. The molecule has 1 aromatic heterocycles. The minimum Gasteiger partial charge on any atom is -0.364 e. The van der Waals surface area contributed by atoms with E-state index in [-0.39, 0.29) is 18.4 Å². The third kappa shape index (κ3) is 3.95. The Morgan fingerprint density at radius 3 is 2.96 bits per heavy atom. The number of carbonyl (C=O) groups is 1. The summed E-state index contributed by atoms with van der Waals surface area (Å²) in [5.74, 6) is -1.46. The lowest BCUT2D eigenvalue weighted by Crippen LogP contribution is -2.29. The molecular weight excluding hydrogens is 336 g/mol. The van der Waals surface area contributed by atoms with Gasteiger partial charge in [-0.2, -0.15) is 0 Å². The van der Waals surface area contributed by atoms with Crippen LogP contribution in [0.1, 0.15) is 23.3 Å². The van der Waals surface area contributed by atoms with Crippen LogP contribution in [0.15, 0.2) is 24.4 Å². The summed E-state index contributed by atoms with van der Waals surface area (Å²) < 4.78 is 32.1. The van der Waals surface area contributed by atoms with Gasteiger partial charge in [-0.3, -0.25) is 10.1 Å². The van der Waals surface area contributed by atoms with Crippen LogP contribution in [0, 0.1) is 11.6 Å². The zero-order valence-corrected chi connectivity index (χ0v) is 13.6. The monoisotopic (exact) mass is 353 g/mol. The van der Waals surface area contributed by atoms with Crippen molar-refractivity contribution in [1.29, 1.82) is 0 Å². The SMILES string of the molecule is NC[C@H]1CC[C@@H](C(=O)Nc2ncc(Cc3ccc(F)cc3F)s2)O1. The van der Waals surface area contributed by atoms with Crippen LogP contribution in [0.2, 0.25) is 0 Å². The molecule has 3 N–H and O–H groups in total. The number of amides is 1. The lowest BCUT2D eigenvalue weighted by atomic mass is 10.1. The van der Waals surface area contributed by atoms with Crippen LogP contribution in [0.3, 0.4) is 0 Å². The molecule has 2 aromatic rings. The van der Waals surface area contributed by atoms with Crippen molar-refractivity contribution in [3.8, 4) is 0 Å². The molecule has 0 bridgehead atoms. The van der Waals surface area contributed by atoms with E-state index in [1.165, 1.54) is 23.5 Å². The number of rotatable bonds is 5. The summed E-state index contributed by atoms with van der Waals surface area (Å²) in [6, 6.07) is 3.47. The van der Waals surface area contributed by atoms with Gasteiger partial charge in [0.25, 0.3) is 5.91 Å². The first-order chi connectivity index (χ1) is 11.5. The predicted molar refractivity (Wildman–Crippen MR) is 86.9 cm³/mol. The van der Waals surface area contributed by atoms with Crippen LogP contribution < -0.4 is 11.1 Å². The number of ether oxygens (including phenoxy) is 1. The Morgan fingerprint density at radius 2 is 2.25 bits per heavy atom. The Hall–Kier alpha value is -1.90. The molecule has 0 spiro atoms. The second-order valence-electron chi connectivity index (χ2n) is 5.59. The highest BCUT2D eigenvalue weighted by Gasteiger charge is 2.30. The molecule has 2 atom stereocenters. The van der Waals surface area contributed by atoms with E-state index in [4.69, 9.17) is 10.5 Å². The van der Waals surface area contributed by atoms with Gasteiger partial charge in [0.1, 0.15) is 17.7 Å². The number of hydrogen-bond donors (Lipinski definition) is 2. The molecule has 1 saturated heterocycles.